The second-order valence-electron chi connectivity index (χ2n) is 3.94. The average Bonchev–Trinajstić information content (AvgIpc) is 2.27. The van der Waals surface area contributed by atoms with Gasteiger partial charge in [-0.15, -0.1) is 11.8 Å². The molecular formula is C13H19NOS. The number of amides is 1. The first-order chi connectivity index (χ1) is 7.61. The van der Waals surface area contributed by atoms with Crippen molar-refractivity contribution in [1.82, 2.24) is 5.32 Å². The van der Waals surface area contributed by atoms with Gasteiger partial charge in [-0.25, -0.2) is 0 Å². The molecule has 3 heteroatoms. The van der Waals surface area contributed by atoms with Crippen LogP contribution in [0.5, 0.6) is 0 Å². The number of carbonyl (C=O) groups is 1. The molecule has 1 aromatic carbocycles. The molecule has 0 saturated carbocycles. The van der Waals surface area contributed by atoms with Crippen LogP contribution in [-0.4, -0.2) is 11.2 Å². The molecule has 0 radical (unpaired) electrons. The van der Waals surface area contributed by atoms with Gasteiger partial charge in [0, 0.05) is 23.1 Å². The maximum atomic E-state index is 11.1. The maximum Gasteiger partial charge on any atom is 0.219 e. The largest absolute Gasteiger partial charge is 0.352 e. The highest BCUT2D eigenvalue weighted by molar-refractivity contribution is 7.99. The Labute approximate surface area is 102 Å². The molecule has 0 bridgehead atoms. The van der Waals surface area contributed by atoms with Crippen LogP contribution in [0.4, 0.5) is 0 Å². The van der Waals surface area contributed by atoms with Crippen molar-refractivity contribution in [2.75, 3.05) is 0 Å². The quantitative estimate of drug-likeness (QED) is 0.797. The first-order valence-corrected chi connectivity index (χ1v) is 6.52. The minimum atomic E-state index is 0.0978. The number of rotatable bonds is 5. The standard InChI is InChI=1S/C13H19NOS/c1-4-13(15)14-9-11-5-7-12(8-6-11)16-10(2)3/h5-8,10H,4,9H2,1-3H3,(H,14,15). The van der Waals surface area contributed by atoms with E-state index in [4.69, 9.17) is 0 Å². The van der Waals surface area contributed by atoms with E-state index in [-0.39, 0.29) is 5.91 Å². The normalized spacial score (nSPS) is 10.5. The smallest absolute Gasteiger partial charge is 0.219 e. The summed E-state index contributed by atoms with van der Waals surface area (Å²) >= 11 is 1.85. The zero-order valence-corrected chi connectivity index (χ0v) is 10.9. The molecule has 1 N–H and O–H groups in total. The van der Waals surface area contributed by atoms with Crippen LogP contribution in [0, 0.1) is 0 Å². The summed E-state index contributed by atoms with van der Waals surface area (Å²) < 4.78 is 0. The molecule has 1 amide bonds. The number of hydrogen-bond donors (Lipinski definition) is 1. The lowest BCUT2D eigenvalue weighted by atomic mass is 10.2. The minimum absolute atomic E-state index is 0.0978. The van der Waals surface area contributed by atoms with Gasteiger partial charge < -0.3 is 5.32 Å². The number of hydrogen-bond acceptors (Lipinski definition) is 2. The fraction of sp³-hybridized carbons (Fsp3) is 0.462. The van der Waals surface area contributed by atoms with Crippen LogP contribution in [0.2, 0.25) is 0 Å². The second kappa shape index (κ2) is 6.59. The van der Waals surface area contributed by atoms with Gasteiger partial charge in [0.1, 0.15) is 0 Å². The summed E-state index contributed by atoms with van der Waals surface area (Å²) in [5.74, 6) is 0.0978. The summed E-state index contributed by atoms with van der Waals surface area (Å²) in [5.41, 5.74) is 1.15. The van der Waals surface area contributed by atoms with Crippen molar-refractivity contribution in [3.8, 4) is 0 Å². The Morgan fingerprint density at radius 2 is 1.94 bits per heavy atom. The van der Waals surface area contributed by atoms with E-state index >= 15 is 0 Å². The van der Waals surface area contributed by atoms with E-state index in [2.05, 4.69) is 43.4 Å². The van der Waals surface area contributed by atoms with Gasteiger partial charge in [0.2, 0.25) is 5.91 Å². The number of benzene rings is 1. The summed E-state index contributed by atoms with van der Waals surface area (Å²) in [6.45, 7) is 6.84. The van der Waals surface area contributed by atoms with E-state index in [0.29, 0.717) is 18.2 Å². The summed E-state index contributed by atoms with van der Waals surface area (Å²) in [4.78, 5) is 12.4. The number of thioether (sulfide) groups is 1. The molecule has 0 heterocycles. The van der Waals surface area contributed by atoms with Crippen molar-refractivity contribution in [3.05, 3.63) is 29.8 Å². The van der Waals surface area contributed by atoms with Crippen LogP contribution < -0.4 is 5.32 Å². The molecule has 0 unspecified atom stereocenters. The van der Waals surface area contributed by atoms with Crippen molar-refractivity contribution in [1.29, 1.82) is 0 Å². The molecule has 16 heavy (non-hydrogen) atoms. The molecular weight excluding hydrogens is 218 g/mol. The highest BCUT2D eigenvalue weighted by Crippen LogP contribution is 2.22. The van der Waals surface area contributed by atoms with Crippen molar-refractivity contribution < 1.29 is 4.79 Å². The maximum absolute atomic E-state index is 11.1. The zero-order chi connectivity index (χ0) is 12.0. The van der Waals surface area contributed by atoms with Crippen LogP contribution in [0.1, 0.15) is 32.8 Å². The third kappa shape index (κ3) is 4.71. The van der Waals surface area contributed by atoms with E-state index in [0.717, 1.165) is 5.56 Å². The van der Waals surface area contributed by atoms with Crippen molar-refractivity contribution in [2.24, 2.45) is 0 Å². The van der Waals surface area contributed by atoms with Crippen LogP contribution >= 0.6 is 11.8 Å². The fourth-order valence-electron chi connectivity index (χ4n) is 1.28. The molecule has 0 aromatic heterocycles. The first kappa shape index (κ1) is 13.1. The highest BCUT2D eigenvalue weighted by atomic mass is 32.2. The van der Waals surface area contributed by atoms with Gasteiger partial charge in [-0.2, -0.15) is 0 Å². The molecule has 0 aliphatic heterocycles. The van der Waals surface area contributed by atoms with E-state index in [9.17, 15) is 4.79 Å². The number of carbonyl (C=O) groups excluding carboxylic acids is 1. The topological polar surface area (TPSA) is 29.1 Å². The SMILES string of the molecule is CCC(=O)NCc1ccc(SC(C)C)cc1. The molecule has 0 atom stereocenters. The van der Waals surface area contributed by atoms with Gasteiger partial charge in [-0.1, -0.05) is 32.9 Å². The van der Waals surface area contributed by atoms with Crippen molar-refractivity contribution >= 4 is 17.7 Å². The average molecular weight is 237 g/mol. The Hall–Kier alpha value is -0.960. The van der Waals surface area contributed by atoms with Gasteiger partial charge >= 0.3 is 0 Å². The zero-order valence-electron chi connectivity index (χ0n) is 10.1. The lowest BCUT2D eigenvalue weighted by Crippen LogP contribution is -2.21. The fourth-order valence-corrected chi connectivity index (χ4v) is 2.12. The summed E-state index contributed by atoms with van der Waals surface area (Å²) in [7, 11) is 0. The molecule has 0 fully saturated rings. The van der Waals surface area contributed by atoms with Gasteiger partial charge in [0.25, 0.3) is 0 Å². The molecule has 0 aliphatic carbocycles. The second-order valence-corrected chi connectivity index (χ2v) is 5.59. The molecule has 1 aromatic rings. The van der Waals surface area contributed by atoms with Gasteiger partial charge in [-0.05, 0) is 17.7 Å². The molecule has 2 nitrogen and oxygen atoms in total. The Kier molecular flexibility index (Phi) is 5.39. The molecule has 88 valence electrons. The van der Waals surface area contributed by atoms with E-state index in [1.165, 1.54) is 4.90 Å². The highest BCUT2D eigenvalue weighted by Gasteiger charge is 2.00. The Morgan fingerprint density at radius 1 is 1.31 bits per heavy atom. The minimum Gasteiger partial charge on any atom is -0.352 e. The lowest BCUT2D eigenvalue weighted by molar-refractivity contribution is -0.120. The molecule has 0 saturated heterocycles. The summed E-state index contributed by atoms with van der Waals surface area (Å²) in [5, 5.41) is 3.47. The van der Waals surface area contributed by atoms with E-state index < -0.39 is 0 Å². The monoisotopic (exact) mass is 237 g/mol. The third-order valence-corrected chi connectivity index (χ3v) is 3.12. The van der Waals surface area contributed by atoms with Crippen LogP contribution in [0.15, 0.2) is 29.2 Å². The Balaban J connectivity index is 2.48. The summed E-state index contributed by atoms with van der Waals surface area (Å²) in [6, 6.07) is 8.36. The first-order valence-electron chi connectivity index (χ1n) is 5.64. The van der Waals surface area contributed by atoms with Crippen LogP contribution in [-0.2, 0) is 11.3 Å². The predicted octanol–water partition coefficient (Wildman–Crippen LogP) is 3.21. The van der Waals surface area contributed by atoms with Crippen LogP contribution in [0.3, 0.4) is 0 Å². The van der Waals surface area contributed by atoms with Crippen LogP contribution in [0.25, 0.3) is 0 Å². The number of nitrogens with one attached hydrogen (secondary N) is 1. The van der Waals surface area contributed by atoms with Crippen molar-refractivity contribution in [2.45, 2.75) is 43.9 Å². The predicted molar refractivity (Wildman–Crippen MR) is 69.6 cm³/mol. The molecule has 0 spiro atoms. The molecule has 1 rings (SSSR count). The van der Waals surface area contributed by atoms with E-state index in [1.54, 1.807) is 0 Å². The van der Waals surface area contributed by atoms with E-state index in [1.807, 2.05) is 18.7 Å². The van der Waals surface area contributed by atoms with Gasteiger partial charge in [-0.3, -0.25) is 4.79 Å². The van der Waals surface area contributed by atoms with Crippen molar-refractivity contribution in [3.63, 3.8) is 0 Å². The summed E-state index contributed by atoms with van der Waals surface area (Å²) in [6.07, 6.45) is 0.543. The Morgan fingerprint density at radius 3 is 2.44 bits per heavy atom. The molecule has 0 aliphatic rings. The third-order valence-electron chi connectivity index (χ3n) is 2.11. The Bertz CT molecular complexity index is 332. The van der Waals surface area contributed by atoms with Gasteiger partial charge in [0.15, 0.2) is 0 Å². The lowest BCUT2D eigenvalue weighted by Gasteiger charge is -2.07. The van der Waals surface area contributed by atoms with Gasteiger partial charge in [0.05, 0.1) is 0 Å².